The van der Waals surface area contributed by atoms with E-state index >= 15 is 0 Å². The molecule has 0 aliphatic rings. The number of carbonyl (C=O) groups is 1. The maximum Gasteiger partial charge on any atom is 0.343 e. The second-order valence-corrected chi connectivity index (χ2v) is 8.06. The van der Waals surface area contributed by atoms with Gasteiger partial charge in [0.25, 0.3) is 0 Å². The number of hydrogen-bond acceptors (Lipinski definition) is 7. The Kier molecular flexibility index (Phi) is 8.78. The lowest BCUT2D eigenvalue weighted by Crippen LogP contribution is -2.28. The summed E-state index contributed by atoms with van der Waals surface area (Å²) in [7, 11) is 4.42. The van der Waals surface area contributed by atoms with E-state index in [0.29, 0.717) is 29.4 Å². The predicted octanol–water partition coefficient (Wildman–Crippen LogP) is 3.95. The molecule has 0 fully saturated rings. The molecular weight excluding hydrogens is 450 g/mol. The number of amides is 1. The molecule has 1 amide bonds. The van der Waals surface area contributed by atoms with E-state index in [4.69, 9.17) is 18.6 Å². The molecule has 2 aromatic carbocycles. The van der Waals surface area contributed by atoms with Crippen LogP contribution < -0.4 is 25.2 Å². The summed E-state index contributed by atoms with van der Waals surface area (Å²) >= 11 is 0. The molecule has 1 heterocycles. The molecule has 8 nitrogen and oxygen atoms in total. The lowest BCUT2D eigenvalue weighted by Gasteiger charge is -2.22. The normalized spacial score (nSPS) is 11.5. The van der Waals surface area contributed by atoms with Crippen LogP contribution in [0.2, 0.25) is 0 Å². The number of methoxy groups -OCH3 is 3. The fourth-order valence-electron chi connectivity index (χ4n) is 4.12. The van der Waals surface area contributed by atoms with Crippen LogP contribution in [0.3, 0.4) is 0 Å². The highest BCUT2D eigenvalue weighted by atomic mass is 16.5. The third-order valence-corrected chi connectivity index (χ3v) is 5.74. The van der Waals surface area contributed by atoms with Crippen LogP contribution in [0.25, 0.3) is 0 Å². The van der Waals surface area contributed by atoms with Crippen molar-refractivity contribution in [3.63, 3.8) is 0 Å². The molecular formula is C27H31NO7. The lowest BCUT2D eigenvalue weighted by atomic mass is 9.87. The summed E-state index contributed by atoms with van der Waals surface area (Å²) in [5.74, 6) is -0.0747. The van der Waals surface area contributed by atoms with Crippen molar-refractivity contribution >= 4 is 5.91 Å². The third kappa shape index (κ3) is 6.15. The maximum atomic E-state index is 13.0. The molecule has 3 rings (SSSR count). The SMILES string of the molecule is COc1ccc(C(CC(=O)NCCCc2ccccc2)c2c(O)cc(C)oc2=O)c(OC)c1OC. The van der Waals surface area contributed by atoms with Crippen molar-refractivity contribution in [2.24, 2.45) is 0 Å². The number of nitrogens with one attached hydrogen (secondary N) is 1. The zero-order chi connectivity index (χ0) is 25.4. The molecule has 1 unspecified atom stereocenters. The van der Waals surface area contributed by atoms with Crippen LogP contribution in [0.5, 0.6) is 23.0 Å². The van der Waals surface area contributed by atoms with E-state index in [9.17, 15) is 14.7 Å². The first kappa shape index (κ1) is 25.7. The number of hydrogen-bond donors (Lipinski definition) is 2. The average molecular weight is 482 g/mol. The Balaban J connectivity index is 1.90. The van der Waals surface area contributed by atoms with Gasteiger partial charge in [-0.05, 0) is 31.4 Å². The summed E-state index contributed by atoms with van der Waals surface area (Å²) < 4.78 is 21.7. The summed E-state index contributed by atoms with van der Waals surface area (Å²) in [6.07, 6.45) is 1.48. The summed E-state index contributed by atoms with van der Waals surface area (Å²) in [6, 6.07) is 14.7. The minimum atomic E-state index is -0.851. The van der Waals surface area contributed by atoms with Crippen LogP contribution in [0, 0.1) is 6.92 Å². The molecule has 0 spiro atoms. The number of aromatic hydroxyl groups is 1. The summed E-state index contributed by atoms with van der Waals surface area (Å²) in [5.41, 5.74) is 0.926. The Morgan fingerprint density at radius 2 is 1.74 bits per heavy atom. The lowest BCUT2D eigenvalue weighted by molar-refractivity contribution is -0.121. The Hall–Kier alpha value is -3.94. The van der Waals surface area contributed by atoms with Crippen molar-refractivity contribution in [1.82, 2.24) is 5.32 Å². The van der Waals surface area contributed by atoms with Crippen LogP contribution in [-0.4, -0.2) is 38.9 Å². The van der Waals surface area contributed by atoms with Gasteiger partial charge in [-0.25, -0.2) is 4.79 Å². The van der Waals surface area contributed by atoms with Crippen LogP contribution in [-0.2, 0) is 11.2 Å². The Bertz CT molecular complexity index is 1200. The van der Waals surface area contributed by atoms with Gasteiger partial charge in [-0.1, -0.05) is 36.4 Å². The van der Waals surface area contributed by atoms with Gasteiger partial charge in [-0.15, -0.1) is 0 Å². The molecule has 0 bridgehead atoms. The number of rotatable bonds is 11. The van der Waals surface area contributed by atoms with Crippen molar-refractivity contribution in [1.29, 1.82) is 0 Å². The first-order valence-electron chi connectivity index (χ1n) is 11.3. The van der Waals surface area contributed by atoms with Gasteiger partial charge in [0.2, 0.25) is 11.7 Å². The number of aryl methyl sites for hydroxylation is 2. The second-order valence-electron chi connectivity index (χ2n) is 8.06. The van der Waals surface area contributed by atoms with Crippen LogP contribution in [0.15, 0.2) is 57.7 Å². The summed E-state index contributed by atoms with van der Waals surface area (Å²) in [6.45, 7) is 2.04. The standard InChI is InChI=1S/C27H31NO7/c1-17-15-21(29)24(27(31)35-17)20(19-12-13-22(32-2)26(34-4)25(19)33-3)16-23(30)28-14-8-11-18-9-6-5-7-10-18/h5-7,9-10,12-13,15,20,29H,8,11,14,16H2,1-4H3,(H,28,30). The van der Waals surface area contributed by atoms with Crippen molar-refractivity contribution in [3.8, 4) is 23.0 Å². The van der Waals surface area contributed by atoms with Gasteiger partial charge in [0.1, 0.15) is 11.5 Å². The van der Waals surface area contributed by atoms with Gasteiger partial charge in [0.15, 0.2) is 11.5 Å². The van der Waals surface area contributed by atoms with Crippen LogP contribution in [0.1, 0.15) is 41.2 Å². The van der Waals surface area contributed by atoms with E-state index in [2.05, 4.69) is 5.32 Å². The van der Waals surface area contributed by atoms with Gasteiger partial charge in [-0.2, -0.15) is 0 Å². The molecule has 186 valence electrons. The van der Waals surface area contributed by atoms with Crippen LogP contribution in [0.4, 0.5) is 0 Å². The number of benzene rings is 2. The molecule has 35 heavy (non-hydrogen) atoms. The quantitative estimate of drug-likeness (QED) is 0.399. The Morgan fingerprint density at radius 3 is 2.37 bits per heavy atom. The minimum Gasteiger partial charge on any atom is -0.507 e. The second kappa shape index (κ2) is 12.0. The largest absolute Gasteiger partial charge is 0.507 e. The average Bonchev–Trinajstić information content (AvgIpc) is 2.85. The molecule has 3 aromatic rings. The molecule has 0 saturated heterocycles. The molecule has 1 aromatic heterocycles. The topological polar surface area (TPSA) is 107 Å². The fraction of sp³-hybridized carbons (Fsp3) is 0.333. The molecule has 0 radical (unpaired) electrons. The van der Waals surface area contributed by atoms with Gasteiger partial charge in [0, 0.05) is 30.5 Å². The highest BCUT2D eigenvalue weighted by Crippen LogP contribution is 2.45. The maximum absolute atomic E-state index is 13.0. The predicted molar refractivity (Wildman–Crippen MR) is 132 cm³/mol. The summed E-state index contributed by atoms with van der Waals surface area (Å²) in [5, 5.41) is 13.6. The molecule has 1 atom stereocenters. The molecule has 2 N–H and O–H groups in total. The minimum absolute atomic E-state index is 0.0273. The fourth-order valence-corrected chi connectivity index (χ4v) is 4.12. The van der Waals surface area contributed by atoms with Gasteiger partial charge >= 0.3 is 5.63 Å². The van der Waals surface area contributed by atoms with E-state index in [1.54, 1.807) is 19.1 Å². The van der Waals surface area contributed by atoms with Gasteiger partial charge in [0.05, 0.1) is 26.9 Å². The highest BCUT2D eigenvalue weighted by molar-refractivity contribution is 5.78. The van der Waals surface area contributed by atoms with Crippen molar-refractivity contribution < 1.29 is 28.5 Å². The van der Waals surface area contributed by atoms with E-state index in [-0.39, 0.29) is 29.4 Å². The van der Waals surface area contributed by atoms with Gasteiger partial charge in [-0.3, -0.25) is 4.79 Å². The Morgan fingerprint density at radius 1 is 1.03 bits per heavy atom. The van der Waals surface area contributed by atoms with Gasteiger partial charge < -0.3 is 29.1 Å². The van der Waals surface area contributed by atoms with E-state index in [0.717, 1.165) is 12.8 Å². The van der Waals surface area contributed by atoms with E-state index < -0.39 is 11.5 Å². The monoisotopic (exact) mass is 481 g/mol. The molecule has 0 aliphatic heterocycles. The van der Waals surface area contributed by atoms with Crippen LogP contribution >= 0.6 is 0 Å². The third-order valence-electron chi connectivity index (χ3n) is 5.74. The zero-order valence-electron chi connectivity index (χ0n) is 20.4. The first-order valence-corrected chi connectivity index (χ1v) is 11.3. The number of ether oxygens (including phenoxy) is 3. The van der Waals surface area contributed by atoms with Crippen molar-refractivity contribution in [2.45, 2.75) is 32.1 Å². The smallest absolute Gasteiger partial charge is 0.343 e. The molecule has 0 saturated carbocycles. The first-order chi connectivity index (χ1) is 16.9. The van der Waals surface area contributed by atoms with Crippen molar-refractivity contribution in [2.75, 3.05) is 27.9 Å². The van der Waals surface area contributed by atoms with E-state index in [1.165, 1.54) is 33.0 Å². The number of carbonyl (C=O) groups excluding carboxylic acids is 1. The highest BCUT2D eigenvalue weighted by Gasteiger charge is 2.30. The molecule has 8 heteroatoms. The zero-order valence-corrected chi connectivity index (χ0v) is 20.4. The Labute approximate surface area is 204 Å². The van der Waals surface area contributed by atoms with E-state index in [1.807, 2.05) is 30.3 Å². The summed E-state index contributed by atoms with van der Waals surface area (Å²) in [4.78, 5) is 25.8. The van der Waals surface area contributed by atoms with Crippen molar-refractivity contribution in [3.05, 3.63) is 81.4 Å². The molecule has 0 aliphatic carbocycles.